The highest BCUT2D eigenvalue weighted by atomic mass is 127. The van der Waals surface area contributed by atoms with E-state index >= 15 is 0 Å². The lowest BCUT2D eigenvalue weighted by Gasteiger charge is -2.36. The van der Waals surface area contributed by atoms with E-state index in [0.717, 1.165) is 12.8 Å². The predicted octanol–water partition coefficient (Wildman–Crippen LogP) is 2.78. The number of hydrogen-bond acceptors (Lipinski definition) is 5. The molecule has 1 aromatic carbocycles. The summed E-state index contributed by atoms with van der Waals surface area (Å²) in [6, 6.07) is 4.68. The van der Waals surface area contributed by atoms with Crippen molar-refractivity contribution in [1.29, 1.82) is 0 Å². The summed E-state index contributed by atoms with van der Waals surface area (Å²) in [5.41, 5.74) is 0.223. The maximum atomic E-state index is 12.6. The number of ether oxygens (including phenoxy) is 4. The Bertz CT molecular complexity index is 629. The second-order valence-electron chi connectivity index (χ2n) is 6.13. The Morgan fingerprint density at radius 2 is 1.96 bits per heavy atom. The van der Waals surface area contributed by atoms with Gasteiger partial charge >= 0.3 is 6.61 Å². The molecule has 0 atom stereocenters. The summed E-state index contributed by atoms with van der Waals surface area (Å²) in [4.78, 5) is 4.17. The highest BCUT2D eigenvalue weighted by molar-refractivity contribution is 14.0. The van der Waals surface area contributed by atoms with Gasteiger partial charge in [-0.05, 0) is 18.2 Å². The second-order valence-corrected chi connectivity index (χ2v) is 6.13. The molecule has 1 aromatic rings. The van der Waals surface area contributed by atoms with Crippen LogP contribution in [0.15, 0.2) is 23.2 Å². The fourth-order valence-electron chi connectivity index (χ4n) is 2.87. The number of nitrogens with zero attached hydrogens (tertiary/aromatic N) is 1. The lowest BCUT2D eigenvalue weighted by molar-refractivity contribution is -0.0855. The summed E-state index contributed by atoms with van der Waals surface area (Å²) in [5.74, 6) is 1.17. The average Bonchev–Trinajstić information content (AvgIpc) is 2.69. The van der Waals surface area contributed by atoms with Gasteiger partial charge in [0.25, 0.3) is 0 Å². The number of guanidine groups is 1. The fraction of sp³-hybridized carbons (Fsp3) is 0.611. The molecule has 1 heterocycles. The minimum atomic E-state index is -2.90. The monoisotopic (exact) mass is 515 g/mol. The smallest absolute Gasteiger partial charge is 0.387 e. The Morgan fingerprint density at radius 1 is 1.25 bits per heavy atom. The van der Waals surface area contributed by atoms with Crippen LogP contribution in [0.2, 0.25) is 0 Å². The first kappa shape index (κ1) is 24.6. The zero-order valence-electron chi connectivity index (χ0n) is 16.3. The van der Waals surface area contributed by atoms with Crippen molar-refractivity contribution in [3.8, 4) is 11.5 Å². The van der Waals surface area contributed by atoms with E-state index in [4.69, 9.17) is 14.2 Å². The first-order valence-corrected chi connectivity index (χ1v) is 8.71. The van der Waals surface area contributed by atoms with Gasteiger partial charge in [-0.1, -0.05) is 0 Å². The van der Waals surface area contributed by atoms with Crippen molar-refractivity contribution in [2.75, 3.05) is 41.0 Å². The third-order valence-electron chi connectivity index (χ3n) is 4.57. The van der Waals surface area contributed by atoms with Crippen LogP contribution < -0.4 is 20.1 Å². The van der Waals surface area contributed by atoms with Crippen LogP contribution in [0.4, 0.5) is 8.78 Å². The van der Waals surface area contributed by atoms with E-state index in [0.29, 0.717) is 37.0 Å². The Labute approximate surface area is 181 Å². The quantitative estimate of drug-likeness (QED) is 0.315. The van der Waals surface area contributed by atoms with Gasteiger partial charge in [0.2, 0.25) is 0 Å². The molecule has 0 radical (unpaired) electrons. The maximum absolute atomic E-state index is 12.6. The van der Waals surface area contributed by atoms with Crippen LogP contribution in [0.3, 0.4) is 0 Å². The van der Waals surface area contributed by atoms with Crippen LogP contribution in [-0.2, 0) is 16.0 Å². The van der Waals surface area contributed by atoms with Crippen LogP contribution in [-0.4, -0.2) is 59.2 Å². The molecule has 0 saturated carbocycles. The van der Waals surface area contributed by atoms with E-state index in [1.54, 1.807) is 26.3 Å². The molecular weight excluding hydrogens is 487 g/mol. The van der Waals surface area contributed by atoms with Crippen LogP contribution in [0.5, 0.6) is 11.5 Å². The summed E-state index contributed by atoms with van der Waals surface area (Å²) < 4.78 is 46.1. The molecule has 0 amide bonds. The van der Waals surface area contributed by atoms with Crippen molar-refractivity contribution < 1.29 is 27.7 Å². The van der Waals surface area contributed by atoms with Gasteiger partial charge in [-0.15, -0.1) is 24.0 Å². The summed E-state index contributed by atoms with van der Waals surface area (Å²) in [6.45, 7) is -0.795. The number of alkyl halides is 2. The lowest BCUT2D eigenvalue weighted by Crippen LogP contribution is -2.50. The van der Waals surface area contributed by atoms with E-state index in [9.17, 15) is 8.78 Å². The van der Waals surface area contributed by atoms with Gasteiger partial charge in [0.05, 0.1) is 12.7 Å². The molecule has 0 aliphatic carbocycles. The molecule has 0 aromatic heterocycles. The fourth-order valence-corrected chi connectivity index (χ4v) is 2.87. The van der Waals surface area contributed by atoms with E-state index in [2.05, 4.69) is 20.4 Å². The zero-order valence-corrected chi connectivity index (χ0v) is 18.6. The largest absolute Gasteiger partial charge is 0.497 e. The standard InChI is InChI=1S/C18H27F2N3O4.HI/c1-21-17(23-12-18(25-3)6-8-26-9-7-18)22-11-13-10-14(24-2)4-5-15(13)27-16(19)20;/h4-5,10,16H,6-9,11-12H2,1-3H3,(H2,21,22,23);1H. The number of hydrogen-bond donors (Lipinski definition) is 2. The normalized spacial score (nSPS) is 16.3. The zero-order chi connectivity index (χ0) is 19.7. The Kier molecular flexibility index (Phi) is 10.8. The van der Waals surface area contributed by atoms with Gasteiger partial charge in [0.1, 0.15) is 11.5 Å². The minimum absolute atomic E-state index is 0. The molecule has 160 valence electrons. The molecule has 2 rings (SSSR count). The number of benzene rings is 1. The maximum Gasteiger partial charge on any atom is 0.387 e. The molecule has 1 aliphatic heterocycles. The third-order valence-corrected chi connectivity index (χ3v) is 4.57. The van der Waals surface area contributed by atoms with Crippen LogP contribution in [0.25, 0.3) is 0 Å². The molecule has 0 unspecified atom stereocenters. The highest BCUT2D eigenvalue weighted by Gasteiger charge is 2.32. The van der Waals surface area contributed by atoms with Gasteiger partial charge in [0, 0.05) is 58.9 Å². The summed E-state index contributed by atoms with van der Waals surface area (Å²) >= 11 is 0. The number of aliphatic imine (C=N–C) groups is 1. The van der Waals surface area contributed by atoms with Gasteiger partial charge < -0.3 is 29.6 Å². The lowest BCUT2D eigenvalue weighted by atomic mass is 9.94. The summed E-state index contributed by atoms with van der Waals surface area (Å²) in [5, 5.41) is 6.33. The number of rotatable bonds is 8. The molecule has 1 fully saturated rings. The van der Waals surface area contributed by atoms with E-state index in [-0.39, 0.29) is 41.9 Å². The molecule has 2 N–H and O–H groups in total. The summed E-state index contributed by atoms with van der Waals surface area (Å²) in [7, 11) is 4.84. The van der Waals surface area contributed by atoms with E-state index in [1.807, 2.05) is 0 Å². The Balaban J connectivity index is 0.00000392. The van der Waals surface area contributed by atoms with Crippen LogP contribution in [0.1, 0.15) is 18.4 Å². The Morgan fingerprint density at radius 3 is 2.54 bits per heavy atom. The SMILES string of the molecule is CN=C(NCc1cc(OC)ccc1OC(F)F)NCC1(OC)CCOCC1.I. The van der Waals surface area contributed by atoms with Gasteiger partial charge in [-0.2, -0.15) is 8.78 Å². The predicted molar refractivity (Wildman–Crippen MR) is 113 cm³/mol. The molecule has 0 spiro atoms. The molecule has 0 bridgehead atoms. The van der Waals surface area contributed by atoms with Crippen molar-refractivity contribution >= 4 is 29.9 Å². The molecule has 7 nitrogen and oxygen atoms in total. The molecule has 28 heavy (non-hydrogen) atoms. The van der Waals surface area contributed by atoms with E-state index in [1.165, 1.54) is 13.2 Å². The van der Waals surface area contributed by atoms with Crippen LogP contribution >= 0.6 is 24.0 Å². The minimum Gasteiger partial charge on any atom is -0.497 e. The third kappa shape index (κ3) is 7.21. The van der Waals surface area contributed by atoms with Crippen molar-refractivity contribution in [3.05, 3.63) is 23.8 Å². The highest BCUT2D eigenvalue weighted by Crippen LogP contribution is 2.26. The van der Waals surface area contributed by atoms with Crippen molar-refractivity contribution in [2.24, 2.45) is 4.99 Å². The van der Waals surface area contributed by atoms with Crippen molar-refractivity contribution in [1.82, 2.24) is 10.6 Å². The number of methoxy groups -OCH3 is 2. The van der Waals surface area contributed by atoms with Gasteiger partial charge in [-0.3, -0.25) is 4.99 Å². The number of nitrogens with one attached hydrogen (secondary N) is 2. The van der Waals surface area contributed by atoms with Crippen LogP contribution in [0, 0.1) is 0 Å². The van der Waals surface area contributed by atoms with Gasteiger partial charge in [0.15, 0.2) is 5.96 Å². The first-order chi connectivity index (χ1) is 13.0. The summed E-state index contributed by atoms with van der Waals surface area (Å²) in [6.07, 6.45) is 1.57. The molecular formula is C18H28F2IN3O4. The van der Waals surface area contributed by atoms with Gasteiger partial charge in [-0.25, -0.2) is 0 Å². The molecule has 10 heteroatoms. The topological polar surface area (TPSA) is 73.3 Å². The average molecular weight is 515 g/mol. The van der Waals surface area contributed by atoms with E-state index < -0.39 is 6.61 Å². The van der Waals surface area contributed by atoms with Crippen molar-refractivity contribution in [2.45, 2.75) is 31.6 Å². The second kappa shape index (κ2) is 12.2. The number of halogens is 3. The van der Waals surface area contributed by atoms with Crippen molar-refractivity contribution in [3.63, 3.8) is 0 Å². The first-order valence-electron chi connectivity index (χ1n) is 8.71. The Hall–Kier alpha value is -1.40. The molecule has 1 aliphatic rings. The molecule has 1 saturated heterocycles.